The van der Waals surface area contributed by atoms with Crippen LogP contribution in [-0.4, -0.2) is 44.1 Å². The topological polar surface area (TPSA) is 31.3 Å². The molecule has 2 aliphatic rings. The van der Waals surface area contributed by atoms with Gasteiger partial charge < -0.3 is 19.4 Å². The van der Waals surface area contributed by atoms with Gasteiger partial charge in [0.15, 0.2) is 0 Å². The highest BCUT2D eigenvalue weighted by Gasteiger charge is 2.30. The largest absolute Gasteiger partial charge is 0.495 e. The predicted octanol–water partition coefficient (Wildman–Crippen LogP) is 5.49. The first-order valence-corrected chi connectivity index (χ1v) is 11.3. The number of anilines is 2. The van der Waals surface area contributed by atoms with Crippen molar-refractivity contribution in [2.45, 2.75) is 13.5 Å². The molecule has 0 saturated carbocycles. The predicted molar refractivity (Wildman–Crippen MR) is 133 cm³/mol. The van der Waals surface area contributed by atoms with Crippen molar-refractivity contribution in [1.29, 1.82) is 0 Å². The average molecular weight is 447 g/mol. The third-order valence-electron chi connectivity index (χ3n) is 6.14. The standard InChI is InChI=1S/C26H27ClN4O/c1-19-10-11-25(32-2)24(16-19)31-18-20-6-3-4-9-23(20)28-26(31)30-14-12-29(13-15-30)22-8-5-7-21(27)17-22/h3-11,16-17H,12-15,18H2,1-2H3. The Bertz CT molecular complexity index is 1150. The van der Waals surface area contributed by atoms with Crippen LogP contribution in [0, 0.1) is 6.92 Å². The molecular weight excluding hydrogens is 420 g/mol. The number of hydrogen-bond acceptors (Lipinski definition) is 5. The molecule has 0 amide bonds. The number of para-hydroxylation sites is 1. The summed E-state index contributed by atoms with van der Waals surface area (Å²) < 4.78 is 5.73. The zero-order valence-corrected chi connectivity index (χ0v) is 19.2. The van der Waals surface area contributed by atoms with Crippen LogP contribution >= 0.6 is 11.6 Å². The summed E-state index contributed by atoms with van der Waals surface area (Å²) in [6.45, 7) is 6.49. The monoisotopic (exact) mass is 446 g/mol. The van der Waals surface area contributed by atoms with Crippen molar-refractivity contribution in [2.75, 3.05) is 43.1 Å². The van der Waals surface area contributed by atoms with Crippen LogP contribution in [0.5, 0.6) is 5.75 Å². The van der Waals surface area contributed by atoms with Gasteiger partial charge >= 0.3 is 0 Å². The van der Waals surface area contributed by atoms with Crippen LogP contribution in [0.3, 0.4) is 0 Å². The molecule has 2 heterocycles. The molecule has 164 valence electrons. The second-order valence-corrected chi connectivity index (χ2v) is 8.69. The number of hydrogen-bond donors (Lipinski definition) is 0. The van der Waals surface area contributed by atoms with Gasteiger partial charge in [0.1, 0.15) is 5.75 Å². The van der Waals surface area contributed by atoms with E-state index in [9.17, 15) is 0 Å². The second kappa shape index (κ2) is 8.75. The number of aliphatic imine (C=N–C) groups is 1. The summed E-state index contributed by atoms with van der Waals surface area (Å²) in [5.74, 6) is 1.85. The smallest absolute Gasteiger partial charge is 0.206 e. The number of methoxy groups -OCH3 is 1. The number of piperazine rings is 1. The molecule has 5 rings (SSSR count). The molecule has 0 radical (unpaired) electrons. The Hall–Kier alpha value is -3.18. The van der Waals surface area contributed by atoms with E-state index in [0.717, 1.165) is 60.8 Å². The first-order valence-electron chi connectivity index (χ1n) is 11.0. The van der Waals surface area contributed by atoms with Crippen molar-refractivity contribution in [3.05, 3.63) is 82.9 Å². The van der Waals surface area contributed by atoms with Crippen LogP contribution in [0.15, 0.2) is 71.7 Å². The van der Waals surface area contributed by atoms with E-state index in [2.05, 4.69) is 64.1 Å². The number of rotatable bonds is 3. The van der Waals surface area contributed by atoms with Crippen molar-refractivity contribution < 1.29 is 4.74 Å². The van der Waals surface area contributed by atoms with E-state index in [1.54, 1.807) is 7.11 Å². The molecule has 3 aromatic carbocycles. The fourth-order valence-electron chi connectivity index (χ4n) is 4.45. The molecule has 0 aliphatic carbocycles. The molecule has 6 heteroatoms. The third kappa shape index (κ3) is 4.00. The molecule has 0 unspecified atom stereocenters. The molecule has 1 saturated heterocycles. The van der Waals surface area contributed by atoms with Gasteiger partial charge in [-0.05, 0) is 54.4 Å². The van der Waals surface area contributed by atoms with Gasteiger partial charge in [0.05, 0.1) is 25.0 Å². The Labute approximate surface area is 194 Å². The van der Waals surface area contributed by atoms with Crippen LogP contribution in [0.25, 0.3) is 0 Å². The third-order valence-corrected chi connectivity index (χ3v) is 6.38. The van der Waals surface area contributed by atoms with Crippen molar-refractivity contribution in [3.8, 4) is 5.75 Å². The van der Waals surface area contributed by atoms with Gasteiger partial charge in [-0.1, -0.05) is 41.9 Å². The van der Waals surface area contributed by atoms with Crippen molar-refractivity contribution in [2.24, 2.45) is 4.99 Å². The van der Waals surface area contributed by atoms with Crippen LogP contribution in [0.1, 0.15) is 11.1 Å². The lowest BCUT2D eigenvalue weighted by molar-refractivity contribution is 0.376. The fraction of sp³-hybridized carbons (Fsp3) is 0.269. The van der Waals surface area contributed by atoms with Gasteiger partial charge in [0, 0.05) is 36.9 Å². The van der Waals surface area contributed by atoms with Gasteiger partial charge in [-0.2, -0.15) is 0 Å². The molecule has 3 aromatic rings. The minimum absolute atomic E-state index is 0.767. The zero-order chi connectivity index (χ0) is 22.1. The first-order chi connectivity index (χ1) is 15.6. The summed E-state index contributed by atoms with van der Waals surface area (Å²) in [6.07, 6.45) is 0. The highest BCUT2D eigenvalue weighted by Crippen LogP contribution is 2.36. The van der Waals surface area contributed by atoms with Crippen LogP contribution < -0.4 is 14.5 Å². The lowest BCUT2D eigenvalue weighted by Gasteiger charge is -2.42. The Morgan fingerprint density at radius 1 is 0.875 bits per heavy atom. The molecular formula is C26H27ClN4O. The maximum atomic E-state index is 6.22. The van der Waals surface area contributed by atoms with Gasteiger partial charge in [0.25, 0.3) is 0 Å². The molecule has 0 atom stereocenters. The maximum absolute atomic E-state index is 6.22. The van der Waals surface area contributed by atoms with Gasteiger partial charge in [0.2, 0.25) is 5.96 Å². The lowest BCUT2D eigenvalue weighted by Crippen LogP contribution is -2.54. The maximum Gasteiger partial charge on any atom is 0.206 e. The Balaban J connectivity index is 1.46. The van der Waals surface area contributed by atoms with Crippen molar-refractivity contribution >= 4 is 34.6 Å². The highest BCUT2D eigenvalue weighted by atomic mass is 35.5. The van der Waals surface area contributed by atoms with Crippen molar-refractivity contribution in [3.63, 3.8) is 0 Å². The Morgan fingerprint density at radius 2 is 1.66 bits per heavy atom. The molecule has 0 N–H and O–H groups in total. The van der Waals surface area contributed by atoms with Gasteiger partial charge in [-0.25, -0.2) is 4.99 Å². The van der Waals surface area contributed by atoms with E-state index in [4.69, 9.17) is 21.3 Å². The minimum Gasteiger partial charge on any atom is -0.495 e. The van der Waals surface area contributed by atoms with E-state index >= 15 is 0 Å². The molecule has 5 nitrogen and oxygen atoms in total. The molecule has 2 aliphatic heterocycles. The summed E-state index contributed by atoms with van der Waals surface area (Å²) in [7, 11) is 1.73. The summed E-state index contributed by atoms with van der Waals surface area (Å²) >= 11 is 6.22. The number of aryl methyl sites for hydroxylation is 1. The van der Waals surface area contributed by atoms with E-state index in [1.807, 2.05) is 24.3 Å². The molecule has 32 heavy (non-hydrogen) atoms. The number of guanidine groups is 1. The molecule has 0 aromatic heterocycles. The summed E-state index contributed by atoms with van der Waals surface area (Å²) in [5.41, 5.74) is 5.69. The van der Waals surface area contributed by atoms with Crippen LogP contribution in [-0.2, 0) is 6.54 Å². The summed E-state index contributed by atoms with van der Waals surface area (Å²) in [6, 6.07) is 22.8. The lowest BCUT2D eigenvalue weighted by atomic mass is 10.1. The second-order valence-electron chi connectivity index (χ2n) is 8.26. The molecule has 1 fully saturated rings. The van der Waals surface area contributed by atoms with E-state index in [0.29, 0.717) is 0 Å². The summed E-state index contributed by atoms with van der Waals surface area (Å²) in [4.78, 5) is 12.2. The van der Waals surface area contributed by atoms with E-state index < -0.39 is 0 Å². The van der Waals surface area contributed by atoms with Gasteiger partial charge in [-0.15, -0.1) is 0 Å². The minimum atomic E-state index is 0.767. The van der Waals surface area contributed by atoms with Crippen LogP contribution in [0.2, 0.25) is 5.02 Å². The first kappa shape index (κ1) is 20.7. The zero-order valence-electron chi connectivity index (χ0n) is 18.5. The quantitative estimate of drug-likeness (QED) is 0.532. The van der Waals surface area contributed by atoms with E-state index in [-0.39, 0.29) is 0 Å². The number of halogens is 1. The Morgan fingerprint density at radius 3 is 2.44 bits per heavy atom. The highest BCUT2D eigenvalue weighted by molar-refractivity contribution is 6.30. The average Bonchev–Trinajstić information content (AvgIpc) is 2.83. The van der Waals surface area contributed by atoms with E-state index in [1.165, 1.54) is 16.8 Å². The molecule has 0 spiro atoms. The van der Waals surface area contributed by atoms with Crippen LogP contribution in [0.4, 0.5) is 17.1 Å². The molecule has 0 bridgehead atoms. The normalized spacial score (nSPS) is 16.0. The SMILES string of the molecule is COc1ccc(C)cc1N1Cc2ccccc2N=C1N1CCN(c2cccc(Cl)c2)CC1. The fourth-order valence-corrected chi connectivity index (χ4v) is 4.63. The number of benzene rings is 3. The van der Waals surface area contributed by atoms with Crippen molar-refractivity contribution in [1.82, 2.24) is 4.90 Å². The Kier molecular flexibility index (Phi) is 5.66. The summed E-state index contributed by atoms with van der Waals surface area (Å²) in [5, 5.41) is 0.774. The van der Waals surface area contributed by atoms with Gasteiger partial charge in [-0.3, -0.25) is 0 Å². The number of ether oxygens (including phenoxy) is 1. The number of nitrogens with zero attached hydrogens (tertiary/aromatic N) is 4. The number of fused-ring (bicyclic) bond motifs is 1.